The highest BCUT2D eigenvalue weighted by atomic mass is 79.9. The van der Waals surface area contributed by atoms with Gasteiger partial charge in [-0.3, -0.25) is 0 Å². The highest BCUT2D eigenvalue weighted by molar-refractivity contribution is 9.10. The van der Waals surface area contributed by atoms with E-state index in [1.165, 1.54) is 0 Å². The van der Waals surface area contributed by atoms with Crippen LogP contribution in [0, 0.1) is 0 Å². The third-order valence-corrected chi connectivity index (χ3v) is 4.66. The van der Waals surface area contributed by atoms with E-state index >= 15 is 0 Å². The van der Waals surface area contributed by atoms with Gasteiger partial charge in [-0.05, 0) is 44.2 Å². The highest BCUT2D eigenvalue weighted by Gasteiger charge is 2.28. The summed E-state index contributed by atoms with van der Waals surface area (Å²) in [5.74, 6) is 0. The zero-order chi connectivity index (χ0) is 14.5. The number of nitrogens with two attached hydrogens (primary N) is 1. The summed E-state index contributed by atoms with van der Waals surface area (Å²) in [6.45, 7) is 2.00. The molecule has 0 heterocycles. The Kier molecular flexibility index (Phi) is 6.02. The molecule has 1 saturated carbocycles. The van der Waals surface area contributed by atoms with E-state index in [1.54, 1.807) is 7.11 Å². The van der Waals surface area contributed by atoms with Crippen LogP contribution in [0.2, 0.25) is 0 Å². The number of hydrogen-bond acceptors (Lipinski definition) is 3. The minimum atomic E-state index is -0.0776. The Balaban J connectivity index is 2.08. The van der Waals surface area contributed by atoms with Crippen LogP contribution in [0.4, 0.5) is 0 Å². The quantitative estimate of drug-likeness (QED) is 0.885. The van der Waals surface area contributed by atoms with Crippen molar-refractivity contribution in [2.45, 2.75) is 57.0 Å². The van der Waals surface area contributed by atoms with Crippen LogP contribution in [0.3, 0.4) is 0 Å². The molecule has 0 bridgehead atoms. The van der Waals surface area contributed by atoms with Gasteiger partial charge >= 0.3 is 0 Å². The van der Waals surface area contributed by atoms with Crippen LogP contribution in [0.1, 0.15) is 44.3 Å². The van der Waals surface area contributed by atoms with E-state index in [0.29, 0.717) is 6.10 Å². The number of rotatable bonds is 5. The molecule has 20 heavy (non-hydrogen) atoms. The molecule has 0 aliphatic heterocycles. The maximum Gasteiger partial charge on any atom is 0.0987 e. The van der Waals surface area contributed by atoms with Crippen LogP contribution in [0.15, 0.2) is 28.7 Å². The van der Waals surface area contributed by atoms with Gasteiger partial charge < -0.3 is 15.2 Å². The van der Waals surface area contributed by atoms with Crippen LogP contribution in [0.25, 0.3) is 0 Å². The first-order valence-electron chi connectivity index (χ1n) is 7.30. The molecular weight excluding hydrogens is 318 g/mol. The zero-order valence-corrected chi connectivity index (χ0v) is 13.8. The van der Waals surface area contributed by atoms with Crippen LogP contribution >= 0.6 is 15.9 Å². The van der Waals surface area contributed by atoms with Crippen molar-refractivity contribution in [3.8, 4) is 0 Å². The average molecular weight is 342 g/mol. The number of benzene rings is 1. The topological polar surface area (TPSA) is 44.5 Å². The van der Waals surface area contributed by atoms with Gasteiger partial charge in [-0.15, -0.1) is 0 Å². The van der Waals surface area contributed by atoms with E-state index in [4.69, 9.17) is 15.2 Å². The maximum absolute atomic E-state index is 6.32. The largest absolute Gasteiger partial charge is 0.381 e. The van der Waals surface area contributed by atoms with Gasteiger partial charge in [0, 0.05) is 17.6 Å². The average Bonchev–Trinajstić information content (AvgIpc) is 2.45. The van der Waals surface area contributed by atoms with Gasteiger partial charge in [0.05, 0.1) is 18.3 Å². The third kappa shape index (κ3) is 4.04. The van der Waals surface area contributed by atoms with Crippen molar-refractivity contribution in [1.82, 2.24) is 0 Å². The van der Waals surface area contributed by atoms with Crippen molar-refractivity contribution < 1.29 is 9.47 Å². The molecule has 3 nitrogen and oxygen atoms in total. The van der Waals surface area contributed by atoms with E-state index in [9.17, 15) is 0 Å². The molecule has 0 saturated heterocycles. The van der Waals surface area contributed by atoms with E-state index in [2.05, 4.69) is 22.0 Å². The molecule has 4 unspecified atom stereocenters. The smallest absolute Gasteiger partial charge is 0.0987 e. The van der Waals surface area contributed by atoms with E-state index in [0.717, 1.165) is 35.7 Å². The fourth-order valence-electron chi connectivity index (χ4n) is 2.83. The van der Waals surface area contributed by atoms with Crippen LogP contribution in [-0.4, -0.2) is 25.4 Å². The monoisotopic (exact) mass is 341 g/mol. The fraction of sp³-hybridized carbons (Fsp3) is 0.625. The summed E-state index contributed by atoms with van der Waals surface area (Å²) in [6, 6.07) is 8.10. The van der Waals surface area contributed by atoms with Crippen molar-refractivity contribution in [2.24, 2.45) is 5.73 Å². The van der Waals surface area contributed by atoms with Gasteiger partial charge in [0.15, 0.2) is 0 Å². The lowest BCUT2D eigenvalue weighted by Gasteiger charge is -2.33. The van der Waals surface area contributed by atoms with Gasteiger partial charge in [-0.25, -0.2) is 0 Å². The van der Waals surface area contributed by atoms with Crippen molar-refractivity contribution >= 4 is 15.9 Å². The summed E-state index contributed by atoms with van der Waals surface area (Å²) in [6.07, 6.45) is 4.82. The molecular formula is C16H24BrNO2. The first-order valence-corrected chi connectivity index (χ1v) is 8.09. The predicted molar refractivity (Wildman–Crippen MR) is 84.7 cm³/mol. The molecule has 112 valence electrons. The van der Waals surface area contributed by atoms with E-state index in [1.807, 2.05) is 25.1 Å². The molecule has 4 heteroatoms. The van der Waals surface area contributed by atoms with E-state index < -0.39 is 0 Å². The number of methoxy groups -OCH3 is 1. The van der Waals surface area contributed by atoms with Crippen LogP contribution in [-0.2, 0) is 9.47 Å². The molecule has 1 fully saturated rings. The second kappa shape index (κ2) is 7.55. The number of ether oxygens (including phenoxy) is 2. The standard InChI is InChI=1S/C16H24BrNO2/c1-11(18)16(14-8-3-4-9-15(14)17)20-13-7-5-6-12(10-13)19-2/h3-4,8-9,11-13,16H,5-7,10,18H2,1-2H3. The minimum absolute atomic E-state index is 0.0448. The Morgan fingerprint density at radius 1 is 1.25 bits per heavy atom. The van der Waals surface area contributed by atoms with Crippen LogP contribution < -0.4 is 5.73 Å². The molecule has 2 rings (SSSR count). The Morgan fingerprint density at radius 3 is 2.60 bits per heavy atom. The molecule has 0 radical (unpaired) electrons. The van der Waals surface area contributed by atoms with E-state index in [-0.39, 0.29) is 18.2 Å². The molecule has 0 aromatic heterocycles. The summed E-state index contributed by atoms with van der Waals surface area (Å²) >= 11 is 3.60. The third-order valence-electron chi connectivity index (χ3n) is 3.94. The van der Waals surface area contributed by atoms with Crippen molar-refractivity contribution in [1.29, 1.82) is 0 Å². The molecule has 4 atom stereocenters. The summed E-state index contributed by atoms with van der Waals surface area (Å²) < 4.78 is 12.8. The molecule has 1 aromatic rings. The number of halogens is 1. The lowest BCUT2D eigenvalue weighted by Crippen LogP contribution is -2.34. The second-order valence-electron chi connectivity index (χ2n) is 5.58. The first kappa shape index (κ1) is 16.0. The lowest BCUT2D eigenvalue weighted by atomic mass is 9.94. The SMILES string of the molecule is COC1CCCC(OC(c2ccccc2Br)C(C)N)C1. The first-order chi connectivity index (χ1) is 9.61. The van der Waals surface area contributed by atoms with Crippen molar-refractivity contribution in [3.05, 3.63) is 34.3 Å². The minimum Gasteiger partial charge on any atom is -0.381 e. The summed E-state index contributed by atoms with van der Waals surface area (Å²) in [7, 11) is 1.78. The van der Waals surface area contributed by atoms with Crippen molar-refractivity contribution in [2.75, 3.05) is 7.11 Å². The molecule has 1 aliphatic carbocycles. The fourth-order valence-corrected chi connectivity index (χ4v) is 3.34. The summed E-state index contributed by atoms with van der Waals surface area (Å²) in [4.78, 5) is 0. The molecule has 0 spiro atoms. The summed E-state index contributed by atoms with van der Waals surface area (Å²) in [5, 5.41) is 0. The Labute approximate surface area is 130 Å². The molecule has 1 aromatic carbocycles. The highest BCUT2D eigenvalue weighted by Crippen LogP contribution is 2.32. The zero-order valence-electron chi connectivity index (χ0n) is 12.2. The second-order valence-corrected chi connectivity index (χ2v) is 6.44. The maximum atomic E-state index is 6.32. The predicted octanol–water partition coefficient (Wildman–Crippen LogP) is 3.81. The Morgan fingerprint density at radius 2 is 1.95 bits per heavy atom. The van der Waals surface area contributed by atoms with Gasteiger partial charge in [0.1, 0.15) is 0 Å². The van der Waals surface area contributed by atoms with Gasteiger partial charge in [-0.2, -0.15) is 0 Å². The lowest BCUT2D eigenvalue weighted by molar-refractivity contribution is -0.0727. The number of hydrogen-bond donors (Lipinski definition) is 1. The molecule has 2 N–H and O–H groups in total. The van der Waals surface area contributed by atoms with Crippen LogP contribution in [0.5, 0.6) is 0 Å². The summed E-state index contributed by atoms with van der Waals surface area (Å²) in [5.41, 5.74) is 7.27. The Bertz CT molecular complexity index is 425. The molecule has 1 aliphatic rings. The Hall–Kier alpha value is -0.420. The van der Waals surface area contributed by atoms with Gasteiger partial charge in [0.2, 0.25) is 0 Å². The van der Waals surface area contributed by atoms with Gasteiger partial charge in [-0.1, -0.05) is 34.1 Å². The van der Waals surface area contributed by atoms with Crippen molar-refractivity contribution in [3.63, 3.8) is 0 Å². The molecule has 0 amide bonds. The van der Waals surface area contributed by atoms with Gasteiger partial charge in [0.25, 0.3) is 0 Å². The normalized spacial score (nSPS) is 26.2.